The van der Waals surface area contributed by atoms with Crippen LogP contribution < -0.4 is 11.5 Å². The van der Waals surface area contributed by atoms with Gasteiger partial charge in [-0.1, -0.05) is 61.9 Å². The zero-order valence-corrected chi connectivity index (χ0v) is 23.4. The fourth-order valence-electron chi connectivity index (χ4n) is 5.16. The minimum atomic E-state index is 0.0436. The fraction of sp³-hybridized carbons (Fsp3) is 0.364. The molecule has 4 aromatic rings. The first-order chi connectivity index (χ1) is 19.4. The number of imidazole rings is 1. The molecule has 7 heteroatoms. The molecule has 0 aliphatic heterocycles. The van der Waals surface area contributed by atoms with Gasteiger partial charge < -0.3 is 20.9 Å². The average molecular weight is 537 g/mol. The number of rotatable bonds is 13. The minimum absolute atomic E-state index is 0.0436. The summed E-state index contributed by atoms with van der Waals surface area (Å²) < 4.78 is 2.36. The standard InChI is InChI=1S/C33H40N6O/c1-2-3-18-38(21-25-6-4-24(20-34)5-7-25)33(40)28-15-16-30-29(19-28)37-31(39(30)22-26-8-9-26)17-12-23-10-13-27(14-11-23)32(35)36/h4-7,10-11,13-16,19,26H,2-3,8-9,12,17-18,20-22,34H2,1H3,(H3,35,36). The smallest absolute Gasteiger partial charge is 0.254 e. The number of fused-ring (bicyclic) bond motifs is 1. The molecule has 3 aromatic carbocycles. The van der Waals surface area contributed by atoms with Crippen LogP contribution in [0.2, 0.25) is 0 Å². The van der Waals surface area contributed by atoms with Gasteiger partial charge in [-0.05, 0) is 66.5 Å². The number of nitrogens with two attached hydrogens (primary N) is 2. The number of aryl methyl sites for hydroxylation is 2. The first-order valence-electron chi connectivity index (χ1n) is 14.4. The number of carbonyl (C=O) groups excluding carboxylic acids is 1. The number of hydrogen-bond acceptors (Lipinski definition) is 4. The zero-order valence-electron chi connectivity index (χ0n) is 23.4. The van der Waals surface area contributed by atoms with Gasteiger partial charge in [0, 0.05) is 43.7 Å². The van der Waals surface area contributed by atoms with Gasteiger partial charge in [-0.3, -0.25) is 10.2 Å². The highest BCUT2D eigenvalue weighted by Crippen LogP contribution is 2.33. The van der Waals surface area contributed by atoms with Gasteiger partial charge in [-0.15, -0.1) is 0 Å². The SMILES string of the molecule is CCCCN(Cc1ccc(CN)cc1)C(=O)c1ccc2c(c1)nc(CCc1ccc(C(=N)N)cc1)n2CC1CC1. The summed E-state index contributed by atoms with van der Waals surface area (Å²) in [6.07, 6.45) is 6.18. The summed E-state index contributed by atoms with van der Waals surface area (Å²) >= 11 is 0. The Morgan fingerprint density at radius 1 is 0.975 bits per heavy atom. The van der Waals surface area contributed by atoms with E-state index < -0.39 is 0 Å². The minimum Gasteiger partial charge on any atom is -0.384 e. The maximum absolute atomic E-state index is 13.7. The van der Waals surface area contributed by atoms with Crippen molar-refractivity contribution in [2.75, 3.05) is 6.54 Å². The van der Waals surface area contributed by atoms with E-state index >= 15 is 0 Å². The molecule has 1 saturated carbocycles. The van der Waals surface area contributed by atoms with Crippen molar-refractivity contribution in [2.24, 2.45) is 17.4 Å². The Morgan fingerprint density at radius 3 is 2.30 bits per heavy atom. The van der Waals surface area contributed by atoms with Crippen LogP contribution in [0.4, 0.5) is 0 Å². The van der Waals surface area contributed by atoms with Crippen molar-refractivity contribution in [3.05, 3.63) is 100 Å². The largest absolute Gasteiger partial charge is 0.384 e. The van der Waals surface area contributed by atoms with Gasteiger partial charge in [0.1, 0.15) is 11.7 Å². The molecule has 0 radical (unpaired) electrons. The first kappa shape index (κ1) is 27.6. The van der Waals surface area contributed by atoms with Crippen molar-refractivity contribution in [3.8, 4) is 0 Å². The summed E-state index contributed by atoms with van der Waals surface area (Å²) in [6.45, 7) is 4.93. The summed E-state index contributed by atoms with van der Waals surface area (Å²) in [5, 5.41) is 7.61. The van der Waals surface area contributed by atoms with Gasteiger partial charge in [0.2, 0.25) is 0 Å². The van der Waals surface area contributed by atoms with Crippen molar-refractivity contribution in [1.82, 2.24) is 14.5 Å². The molecule has 1 aliphatic carbocycles. The van der Waals surface area contributed by atoms with Crippen LogP contribution in [0.3, 0.4) is 0 Å². The molecule has 1 amide bonds. The topological polar surface area (TPSA) is 114 Å². The van der Waals surface area contributed by atoms with Gasteiger partial charge in [-0.2, -0.15) is 0 Å². The number of aromatic nitrogens is 2. The Balaban J connectivity index is 1.38. The Morgan fingerprint density at radius 2 is 1.65 bits per heavy atom. The molecular formula is C33H40N6O. The van der Waals surface area contributed by atoms with E-state index in [0.29, 0.717) is 24.6 Å². The van der Waals surface area contributed by atoms with Crippen molar-refractivity contribution in [1.29, 1.82) is 5.41 Å². The van der Waals surface area contributed by atoms with E-state index in [1.54, 1.807) is 0 Å². The van der Waals surface area contributed by atoms with Crippen LogP contribution in [0.1, 0.15) is 71.0 Å². The molecule has 0 bridgehead atoms. The van der Waals surface area contributed by atoms with E-state index in [1.807, 2.05) is 53.4 Å². The number of amidine groups is 1. The molecule has 0 unspecified atom stereocenters. The zero-order chi connectivity index (χ0) is 28.1. The molecule has 5 N–H and O–H groups in total. The molecule has 0 saturated heterocycles. The Labute approximate surface area is 236 Å². The van der Waals surface area contributed by atoms with E-state index in [4.69, 9.17) is 21.9 Å². The third-order valence-electron chi connectivity index (χ3n) is 7.82. The number of carbonyl (C=O) groups is 1. The van der Waals surface area contributed by atoms with Crippen molar-refractivity contribution < 1.29 is 4.79 Å². The molecule has 1 aliphatic rings. The molecule has 1 aromatic heterocycles. The second-order valence-electron chi connectivity index (χ2n) is 11.0. The summed E-state index contributed by atoms with van der Waals surface area (Å²) in [7, 11) is 0. The Hall–Kier alpha value is -3.97. The predicted octanol–water partition coefficient (Wildman–Crippen LogP) is 5.42. The maximum atomic E-state index is 13.7. The van der Waals surface area contributed by atoms with Crippen LogP contribution >= 0.6 is 0 Å². The highest BCUT2D eigenvalue weighted by molar-refractivity contribution is 5.97. The molecule has 208 valence electrons. The summed E-state index contributed by atoms with van der Waals surface area (Å²) in [5.74, 6) is 1.90. The Bertz CT molecular complexity index is 1470. The molecule has 0 atom stereocenters. The number of amides is 1. The lowest BCUT2D eigenvalue weighted by Gasteiger charge is -2.23. The second kappa shape index (κ2) is 12.5. The van der Waals surface area contributed by atoms with Gasteiger partial charge in [0.15, 0.2) is 0 Å². The molecule has 0 spiro atoms. The number of nitrogens with zero attached hydrogens (tertiary/aromatic N) is 3. The van der Waals surface area contributed by atoms with Crippen molar-refractivity contribution in [2.45, 2.75) is 65.1 Å². The van der Waals surface area contributed by atoms with Crippen LogP contribution in [0.5, 0.6) is 0 Å². The summed E-state index contributed by atoms with van der Waals surface area (Å²) in [4.78, 5) is 20.7. The van der Waals surface area contributed by atoms with E-state index in [-0.39, 0.29) is 11.7 Å². The highest BCUT2D eigenvalue weighted by atomic mass is 16.2. The van der Waals surface area contributed by atoms with Crippen LogP contribution in [0, 0.1) is 11.3 Å². The van der Waals surface area contributed by atoms with E-state index in [0.717, 1.165) is 72.3 Å². The number of benzene rings is 3. The number of hydrogen-bond donors (Lipinski definition) is 3. The first-order valence-corrected chi connectivity index (χ1v) is 14.4. The molecule has 7 nitrogen and oxygen atoms in total. The Kier molecular flexibility index (Phi) is 8.60. The van der Waals surface area contributed by atoms with Crippen molar-refractivity contribution in [3.63, 3.8) is 0 Å². The lowest BCUT2D eigenvalue weighted by Crippen LogP contribution is -2.31. The van der Waals surface area contributed by atoms with Crippen LogP contribution in [-0.2, 0) is 32.5 Å². The van der Waals surface area contributed by atoms with Gasteiger partial charge in [0.05, 0.1) is 11.0 Å². The van der Waals surface area contributed by atoms with E-state index in [1.165, 1.54) is 18.4 Å². The molecular weight excluding hydrogens is 496 g/mol. The van der Waals surface area contributed by atoms with Crippen LogP contribution in [0.25, 0.3) is 11.0 Å². The number of nitrogen functional groups attached to an aromatic ring is 1. The normalized spacial score (nSPS) is 13.1. The third kappa shape index (κ3) is 6.59. The van der Waals surface area contributed by atoms with Gasteiger partial charge in [-0.25, -0.2) is 4.98 Å². The van der Waals surface area contributed by atoms with E-state index in [9.17, 15) is 4.79 Å². The average Bonchev–Trinajstić information content (AvgIpc) is 3.74. The lowest BCUT2D eigenvalue weighted by atomic mass is 10.1. The maximum Gasteiger partial charge on any atom is 0.254 e. The summed E-state index contributed by atoms with van der Waals surface area (Å²) in [6, 6.07) is 22.1. The monoisotopic (exact) mass is 536 g/mol. The number of nitrogens with one attached hydrogen (secondary N) is 1. The second-order valence-corrected chi connectivity index (χ2v) is 11.0. The molecule has 40 heavy (non-hydrogen) atoms. The lowest BCUT2D eigenvalue weighted by molar-refractivity contribution is 0.0741. The van der Waals surface area contributed by atoms with Gasteiger partial charge >= 0.3 is 0 Å². The van der Waals surface area contributed by atoms with Crippen molar-refractivity contribution >= 4 is 22.8 Å². The number of unbranched alkanes of at least 4 members (excludes halogenated alkanes) is 1. The van der Waals surface area contributed by atoms with E-state index in [2.05, 4.69) is 29.7 Å². The fourth-order valence-corrected chi connectivity index (χ4v) is 5.16. The highest BCUT2D eigenvalue weighted by Gasteiger charge is 2.25. The van der Waals surface area contributed by atoms with Crippen LogP contribution in [0.15, 0.2) is 66.7 Å². The molecule has 5 rings (SSSR count). The van der Waals surface area contributed by atoms with Gasteiger partial charge in [0.25, 0.3) is 5.91 Å². The molecule has 1 heterocycles. The third-order valence-corrected chi connectivity index (χ3v) is 7.82. The quantitative estimate of drug-likeness (QED) is 0.156. The van der Waals surface area contributed by atoms with Crippen LogP contribution in [-0.4, -0.2) is 32.7 Å². The summed E-state index contributed by atoms with van der Waals surface area (Å²) in [5.41, 5.74) is 18.2. The predicted molar refractivity (Wildman–Crippen MR) is 161 cm³/mol. The molecule has 1 fully saturated rings.